The highest BCUT2D eigenvalue weighted by atomic mass is 35.5. The van der Waals surface area contributed by atoms with Crippen LogP contribution in [0.15, 0.2) is 12.4 Å². The van der Waals surface area contributed by atoms with Gasteiger partial charge >= 0.3 is 0 Å². The van der Waals surface area contributed by atoms with Gasteiger partial charge in [-0.25, -0.2) is 32.9 Å². The van der Waals surface area contributed by atoms with Crippen molar-refractivity contribution in [2.24, 2.45) is 11.7 Å². The number of carbonyl (C=O) groups excluding carboxylic acids is 1. The molecule has 0 radical (unpaired) electrons. The van der Waals surface area contributed by atoms with Gasteiger partial charge in [0.15, 0.2) is 5.82 Å². The molecule has 0 aromatic carbocycles. The van der Waals surface area contributed by atoms with Crippen LogP contribution >= 0.6 is 12.4 Å². The Labute approximate surface area is 225 Å². The number of amides is 1. The molecule has 11 nitrogen and oxygen atoms in total. The van der Waals surface area contributed by atoms with Crippen molar-refractivity contribution in [2.45, 2.75) is 88.8 Å². The molecule has 1 amide bonds. The van der Waals surface area contributed by atoms with Crippen LogP contribution in [-0.4, -0.2) is 63.4 Å². The van der Waals surface area contributed by atoms with Crippen molar-refractivity contribution in [1.29, 1.82) is 0 Å². The highest BCUT2D eigenvalue weighted by Gasteiger charge is 2.41. The maximum absolute atomic E-state index is 14.0. The minimum absolute atomic E-state index is 0. The van der Waals surface area contributed by atoms with Gasteiger partial charge in [-0.3, -0.25) is 4.79 Å². The largest absolute Gasteiger partial charge is 0.390 e. The summed E-state index contributed by atoms with van der Waals surface area (Å²) in [6, 6.07) is -0.341. The van der Waals surface area contributed by atoms with E-state index >= 15 is 0 Å². The third-order valence-electron chi connectivity index (χ3n) is 7.47. The zero-order chi connectivity index (χ0) is 26.5. The second-order valence-electron chi connectivity index (χ2n) is 10.9. The van der Waals surface area contributed by atoms with E-state index in [-0.39, 0.29) is 61.9 Å². The normalized spacial score (nSPS) is 24.9. The van der Waals surface area contributed by atoms with Gasteiger partial charge < -0.3 is 16.2 Å². The molecule has 3 aromatic rings. The number of fused-ring (bicyclic) bond motifs is 1. The van der Waals surface area contributed by atoms with E-state index in [4.69, 9.17) is 10.7 Å². The first-order chi connectivity index (χ1) is 17.4. The minimum atomic E-state index is -2.70. The van der Waals surface area contributed by atoms with Gasteiger partial charge in [0.1, 0.15) is 0 Å². The predicted octanol–water partition coefficient (Wildman–Crippen LogP) is 2.95. The molecule has 1 saturated heterocycles. The Morgan fingerprint density at radius 1 is 1.21 bits per heavy atom. The summed E-state index contributed by atoms with van der Waals surface area (Å²) < 4.78 is 31.0. The molecular formula is C24H34ClF2N9O2. The van der Waals surface area contributed by atoms with E-state index in [1.807, 2.05) is 20.8 Å². The number of nitrogens with zero attached hydrogens (tertiary/aromatic N) is 7. The number of nitrogens with one attached hydrogen (secondary N) is 1. The van der Waals surface area contributed by atoms with Gasteiger partial charge in [0.05, 0.1) is 41.3 Å². The third kappa shape index (κ3) is 5.64. The van der Waals surface area contributed by atoms with Crippen LogP contribution in [0.4, 0.5) is 8.78 Å². The van der Waals surface area contributed by atoms with E-state index < -0.39 is 23.3 Å². The number of primary amides is 1. The van der Waals surface area contributed by atoms with Crippen molar-refractivity contribution in [2.75, 3.05) is 6.54 Å². The molecule has 0 spiro atoms. The second-order valence-corrected chi connectivity index (χ2v) is 10.9. The van der Waals surface area contributed by atoms with Crippen molar-refractivity contribution in [3.05, 3.63) is 35.4 Å². The summed E-state index contributed by atoms with van der Waals surface area (Å²) in [4.78, 5) is 25.9. The Balaban J connectivity index is 0.00000336. The maximum Gasteiger partial charge on any atom is 0.286 e. The number of imidazole rings is 1. The molecule has 1 aliphatic carbocycles. The molecule has 2 unspecified atom stereocenters. The lowest BCUT2D eigenvalue weighted by atomic mass is 9.77. The molecule has 4 heterocycles. The van der Waals surface area contributed by atoms with Gasteiger partial charge in [0.2, 0.25) is 11.7 Å². The second kappa shape index (κ2) is 10.4. The molecule has 38 heavy (non-hydrogen) atoms. The minimum Gasteiger partial charge on any atom is -0.390 e. The zero-order valence-electron chi connectivity index (χ0n) is 21.6. The van der Waals surface area contributed by atoms with E-state index in [0.717, 1.165) is 0 Å². The Kier molecular flexibility index (Phi) is 7.74. The van der Waals surface area contributed by atoms with E-state index in [0.29, 0.717) is 42.4 Å². The van der Waals surface area contributed by atoms with Crippen molar-refractivity contribution in [3.63, 3.8) is 0 Å². The summed E-state index contributed by atoms with van der Waals surface area (Å²) in [5, 5.41) is 22.9. The van der Waals surface area contributed by atoms with Crippen LogP contribution in [0.25, 0.3) is 5.78 Å². The first kappa shape index (κ1) is 28.2. The topological polar surface area (TPSA) is 149 Å². The first-order valence-corrected chi connectivity index (χ1v) is 12.7. The molecule has 2 aliphatic rings. The van der Waals surface area contributed by atoms with Crippen LogP contribution in [0.5, 0.6) is 0 Å². The lowest BCUT2D eigenvalue weighted by Crippen LogP contribution is -2.42. The number of carbonyl (C=O) groups is 1. The van der Waals surface area contributed by atoms with Crippen molar-refractivity contribution >= 4 is 24.1 Å². The predicted molar refractivity (Wildman–Crippen MR) is 136 cm³/mol. The number of nitrogens with two attached hydrogens (primary N) is 1. The number of halogens is 3. The quantitative estimate of drug-likeness (QED) is 0.422. The van der Waals surface area contributed by atoms with Gasteiger partial charge in [0.25, 0.3) is 11.7 Å². The highest BCUT2D eigenvalue weighted by molar-refractivity contribution is 5.89. The fraction of sp³-hybridized carbons (Fsp3) is 0.667. The monoisotopic (exact) mass is 553 g/mol. The average molecular weight is 554 g/mol. The lowest BCUT2D eigenvalue weighted by molar-refractivity contribution is -0.0476. The lowest BCUT2D eigenvalue weighted by Gasteiger charge is -2.34. The SMILES string of the molecule is CC(C)n1nc([C@H](c2cn3ncc(C4CC(C)(O)CCN4)nc3n2)C2CCC(F)(F)CC2)nc1C(N)=O.Cl. The van der Waals surface area contributed by atoms with Gasteiger partial charge in [0, 0.05) is 18.9 Å². The molecule has 208 valence electrons. The number of aliphatic hydroxyl groups is 1. The average Bonchev–Trinajstić information content (AvgIpc) is 3.44. The molecule has 5 rings (SSSR count). The Morgan fingerprint density at radius 3 is 2.53 bits per heavy atom. The van der Waals surface area contributed by atoms with Crippen LogP contribution in [0, 0.1) is 5.92 Å². The fourth-order valence-electron chi connectivity index (χ4n) is 5.44. The van der Waals surface area contributed by atoms with Crippen LogP contribution in [0.2, 0.25) is 0 Å². The fourth-order valence-corrected chi connectivity index (χ4v) is 5.44. The van der Waals surface area contributed by atoms with Crippen molar-refractivity contribution in [1.82, 2.24) is 39.7 Å². The van der Waals surface area contributed by atoms with Crippen LogP contribution in [0.1, 0.15) is 105 Å². The van der Waals surface area contributed by atoms with Gasteiger partial charge in [-0.1, -0.05) is 0 Å². The smallest absolute Gasteiger partial charge is 0.286 e. The molecule has 1 saturated carbocycles. The van der Waals surface area contributed by atoms with Gasteiger partial charge in [-0.2, -0.15) is 10.2 Å². The maximum atomic E-state index is 14.0. The number of rotatable bonds is 6. The van der Waals surface area contributed by atoms with E-state index in [1.165, 1.54) is 4.68 Å². The molecule has 0 bridgehead atoms. The molecule has 14 heteroatoms. The van der Waals surface area contributed by atoms with Crippen LogP contribution in [-0.2, 0) is 0 Å². The molecule has 1 aliphatic heterocycles. The van der Waals surface area contributed by atoms with Crippen molar-refractivity contribution in [3.8, 4) is 0 Å². The zero-order valence-corrected chi connectivity index (χ0v) is 22.5. The van der Waals surface area contributed by atoms with E-state index in [2.05, 4.69) is 25.5 Å². The summed E-state index contributed by atoms with van der Waals surface area (Å²) in [5.41, 5.74) is 5.98. The number of alkyl halides is 2. The van der Waals surface area contributed by atoms with Crippen molar-refractivity contribution < 1.29 is 18.7 Å². The van der Waals surface area contributed by atoms with E-state index in [1.54, 1.807) is 16.9 Å². The molecule has 4 N–H and O–H groups in total. The van der Waals surface area contributed by atoms with Crippen LogP contribution in [0.3, 0.4) is 0 Å². The molecule has 3 atom stereocenters. The molecule has 3 aromatic heterocycles. The van der Waals surface area contributed by atoms with Crippen LogP contribution < -0.4 is 11.1 Å². The summed E-state index contributed by atoms with van der Waals surface area (Å²) >= 11 is 0. The molecular weight excluding hydrogens is 520 g/mol. The number of hydrogen-bond donors (Lipinski definition) is 3. The third-order valence-corrected chi connectivity index (χ3v) is 7.47. The Hall–Kier alpha value is -2.77. The van der Waals surface area contributed by atoms with Gasteiger partial charge in [-0.15, -0.1) is 12.4 Å². The Morgan fingerprint density at radius 2 is 1.92 bits per heavy atom. The van der Waals surface area contributed by atoms with Gasteiger partial charge in [-0.05, 0) is 58.9 Å². The standard InChI is InChI=1S/C24H33F2N9O2.ClH/c1-13(2)35-21(19(27)36)32-20(33-35)18(14-4-6-24(25,26)7-5-14)17-12-34-22(31-17)30-16(11-29-34)15-10-23(3,37)8-9-28-15;/h11-15,18,28,37H,4-10H2,1-3H3,(H2,27,36);1H/t15?,18-,23?;/m0./s1. The number of piperidine rings is 1. The highest BCUT2D eigenvalue weighted by Crippen LogP contribution is 2.44. The number of hydrogen-bond acceptors (Lipinski definition) is 8. The summed E-state index contributed by atoms with van der Waals surface area (Å²) in [6.45, 7) is 6.18. The molecule has 2 fully saturated rings. The summed E-state index contributed by atoms with van der Waals surface area (Å²) in [6.07, 6.45) is 4.57. The van der Waals surface area contributed by atoms with E-state index in [9.17, 15) is 18.7 Å². The summed E-state index contributed by atoms with van der Waals surface area (Å²) in [5.74, 6) is -3.45. The number of aromatic nitrogens is 7. The Bertz CT molecular complexity index is 1300. The first-order valence-electron chi connectivity index (χ1n) is 12.7. The summed E-state index contributed by atoms with van der Waals surface area (Å²) in [7, 11) is 0.